The summed E-state index contributed by atoms with van der Waals surface area (Å²) in [6.45, 7) is 6.23. The number of urea groups is 1. The molecular formula is C20H29N3O3. The lowest BCUT2D eigenvalue weighted by Crippen LogP contribution is -2.43. The van der Waals surface area contributed by atoms with Gasteiger partial charge in [-0.25, -0.2) is 4.79 Å². The fraction of sp³-hybridized carbons (Fsp3) is 0.600. The Morgan fingerprint density at radius 1 is 1.12 bits per heavy atom. The molecule has 2 fully saturated rings. The number of morpholine rings is 1. The van der Waals surface area contributed by atoms with E-state index in [1.54, 1.807) is 0 Å². The predicted octanol–water partition coefficient (Wildman–Crippen LogP) is 2.88. The van der Waals surface area contributed by atoms with Gasteiger partial charge in [0.25, 0.3) is 0 Å². The number of amides is 3. The first kappa shape index (κ1) is 18.7. The average molecular weight is 359 g/mol. The molecule has 0 saturated carbocycles. The summed E-state index contributed by atoms with van der Waals surface area (Å²) in [7, 11) is 0. The highest BCUT2D eigenvalue weighted by atomic mass is 16.5. The van der Waals surface area contributed by atoms with E-state index in [1.165, 1.54) is 5.56 Å². The Morgan fingerprint density at radius 3 is 2.58 bits per heavy atom. The summed E-state index contributed by atoms with van der Waals surface area (Å²) in [6.07, 6.45) is 3.50. The van der Waals surface area contributed by atoms with E-state index in [0.29, 0.717) is 38.6 Å². The molecule has 0 spiro atoms. The van der Waals surface area contributed by atoms with Gasteiger partial charge in [-0.3, -0.25) is 4.79 Å². The lowest BCUT2D eigenvalue weighted by atomic mass is 9.93. The smallest absolute Gasteiger partial charge is 0.321 e. The molecule has 0 unspecified atom stereocenters. The molecule has 1 N–H and O–H groups in total. The Morgan fingerprint density at radius 2 is 1.85 bits per heavy atom. The topological polar surface area (TPSA) is 61.9 Å². The zero-order valence-corrected chi connectivity index (χ0v) is 15.6. The van der Waals surface area contributed by atoms with Crippen LogP contribution in [0.2, 0.25) is 0 Å². The Kier molecular flexibility index (Phi) is 6.50. The molecule has 1 atom stereocenters. The Labute approximate surface area is 155 Å². The number of hydrogen-bond acceptors (Lipinski definition) is 3. The van der Waals surface area contributed by atoms with Crippen LogP contribution in [0.25, 0.3) is 0 Å². The van der Waals surface area contributed by atoms with Crippen LogP contribution in [0.5, 0.6) is 0 Å². The van der Waals surface area contributed by atoms with Gasteiger partial charge in [-0.1, -0.05) is 17.7 Å². The van der Waals surface area contributed by atoms with E-state index in [1.807, 2.05) is 41.0 Å². The molecule has 0 bridgehead atoms. The number of nitrogens with one attached hydrogen (secondary N) is 1. The van der Waals surface area contributed by atoms with Gasteiger partial charge >= 0.3 is 6.03 Å². The normalized spacial score (nSPS) is 20.7. The molecule has 1 aromatic rings. The minimum atomic E-state index is -0.0435. The van der Waals surface area contributed by atoms with Gasteiger partial charge in [0.15, 0.2) is 0 Å². The molecule has 6 nitrogen and oxygen atoms in total. The number of likely N-dealkylation sites (tertiary alicyclic amines) is 1. The molecule has 2 aliphatic rings. The van der Waals surface area contributed by atoms with E-state index in [0.717, 1.165) is 38.0 Å². The number of carbonyl (C=O) groups is 2. The summed E-state index contributed by atoms with van der Waals surface area (Å²) in [4.78, 5) is 28.6. The minimum Gasteiger partial charge on any atom is -0.378 e. The van der Waals surface area contributed by atoms with Crippen LogP contribution < -0.4 is 5.32 Å². The van der Waals surface area contributed by atoms with Crippen LogP contribution in [0.3, 0.4) is 0 Å². The van der Waals surface area contributed by atoms with E-state index in [4.69, 9.17) is 4.74 Å². The fourth-order valence-corrected chi connectivity index (χ4v) is 3.62. The highest BCUT2D eigenvalue weighted by Crippen LogP contribution is 2.22. The molecule has 0 aliphatic carbocycles. The van der Waals surface area contributed by atoms with Crippen LogP contribution >= 0.6 is 0 Å². The number of aryl methyl sites for hydroxylation is 1. The first-order chi connectivity index (χ1) is 12.6. The van der Waals surface area contributed by atoms with Crippen LogP contribution in [0.4, 0.5) is 10.5 Å². The van der Waals surface area contributed by atoms with Gasteiger partial charge in [-0.05, 0) is 44.2 Å². The minimum absolute atomic E-state index is 0.0435. The van der Waals surface area contributed by atoms with Gasteiger partial charge in [-0.15, -0.1) is 0 Å². The van der Waals surface area contributed by atoms with Gasteiger partial charge < -0.3 is 19.9 Å². The number of rotatable bonds is 4. The highest BCUT2D eigenvalue weighted by molar-refractivity contribution is 5.89. The van der Waals surface area contributed by atoms with Crippen molar-refractivity contribution in [2.24, 2.45) is 5.92 Å². The molecule has 3 amide bonds. The molecule has 6 heteroatoms. The summed E-state index contributed by atoms with van der Waals surface area (Å²) >= 11 is 0. The van der Waals surface area contributed by atoms with Gasteiger partial charge in [0.05, 0.1) is 13.2 Å². The highest BCUT2D eigenvalue weighted by Gasteiger charge is 2.25. The molecular weight excluding hydrogens is 330 g/mol. The summed E-state index contributed by atoms with van der Waals surface area (Å²) in [5, 5.41) is 2.97. The van der Waals surface area contributed by atoms with Crippen molar-refractivity contribution in [3.8, 4) is 0 Å². The van der Waals surface area contributed by atoms with Crippen LogP contribution in [-0.4, -0.2) is 61.1 Å². The zero-order valence-electron chi connectivity index (χ0n) is 15.6. The maximum absolute atomic E-state index is 12.5. The van der Waals surface area contributed by atoms with Crippen molar-refractivity contribution in [3.05, 3.63) is 29.8 Å². The number of piperidine rings is 1. The van der Waals surface area contributed by atoms with Crippen LogP contribution in [-0.2, 0) is 9.53 Å². The van der Waals surface area contributed by atoms with E-state index >= 15 is 0 Å². The number of ether oxygens (including phenoxy) is 1. The summed E-state index contributed by atoms with van der Waals surface area (Å²) in [5.41, 5.74) is 2.00. The van der Waals surface area contributed by atoms with E-state index < -0.39 is 0 Å². The first-order valence-electron chi connectivity index (χ1n) is 9.60. The first-order valence-corrected chi connectivity index (χ1v) is 9.60. The third-order valence-corrected chi connectivity index (χ3v) is 5.24. The molecule has 0 aromatic heterocycles. The van der Waals surface area contributed by atoms with Crippen molar-refractivity contribution in [2.75, 3.05) is 44.7 Å². The standard InChI is InChI=1S/C20H29N3O3/c1-16-4-7-18(8-5-16)21-20(25)23-10-2-3-17(15-23)6-9-19(24)22-11-13-26-14-12-22/h4-5,7-8,17H,2-3,6,9-15H2,1H3,(H,21,25)/t17-/m0/s1. The molecule has 142 valence electrons. The maximum Gasteiger partial charge on any atom is 0.321 e. The number of carbonyl (C=O) groups excluding carboxylic acids is 2. The molecule has 2 heterocycles. The Balaban J connectivity index is 1.45. The Hall–Kier alpha value is -2.08. The molecule has 0 radical (unpaired) electrons. The fourth-order valence-electron chi connectivity index (χ4n) is 3.62. The van der Waals surface area contributed by atoms with Crippen molar-refractivity contribution >= 4 is 17.6 Å². The van der Waals surface area contributed by atoms with E-state index in [-0.39, 0.29) is 11.9 Å². The third kappa shape index (κ3) is 5.21. The molecule has 2 aliphatic heterocycles. The second kappa shape index (κ2) is 9.03. The Bertz CT molecular complexity index is 611. The van der Waals surface area contributed by atoms with Gasteiger partial charge in [0.1, 0.15) is 0 Å². The molecule has 3 rings (SSSR count). The number of benzene rings is 1. The van der Waals surface area contributed by atoms with Gasteiger partial charge in [0.2, 0.25) is 5.91 Å². The van der Waals surface area contributed by atoms with Crippen LogP contribution in [0, 0.1) is 12.8 Å². The second-order valence-electron chi connectivity index (χ2n) is 7.28. The molecule has 1 aromatic carbocycles. The van der Waals surface area contributed by atoms with E-state index in [2.05, 4.69) is 5.32 Å². The lowest BCUT2D eigenvalue weighted by Gasteiger charge is -2.33. The van der Waals surface area contributed by atoms with Crippen LogP contribution in [0.15, 0.2) is 24.3 Å². The van der Waals surface area contributed by atoms with Crippen molar-refractivity contribution in [2.45, 2.75) is 32.6 Å². The quantitative estimate of drug-likeness (QED) is 0.899. The molecule has 2 saturated heterocycles. The van der Waals surface area contributed by atoms with Crippen LogP contribution in [0.1, 0.15) is 31.2 Å². The predicted molar refractivity (Wildman–Crippen MR) is 101 cm³/mol. The lowest BCUT2D eigenvalue weighted by molar-refractivity contribution is -0.135. The second-order valence-corrected chi connectivity index (χ2v) is 7.28. The monoisotopic (exact) mass is 359 g/mol. The zero-order chi connectivity index (χ0) is 18.4. The van der Waals surface area contributed by atoms with Gasteiger partial charge in [0, 0.05) is 38.3 Å². The maximum atomic E-state index is 12.5. The number of hydrogen-bond donors (Lipinski definition) is 1. The number of nitrogens with zero attached hydrogens (tertiary/aromatic N) is 2. The summed E-state index contributed by atoms with van der Waals surface area (Å²) in [5.74, 6) is 0.618. The van der Waals surface area contributed by atoms with Crippen molar-refractivity contribution < 1.29 is 14.3 Å². The van der Waals surface area contributed by atoms with E-state index in [9.17, 15) is 9.59 Å². The van der Waals surface area contributed by atoms with Gasteiger partial charge in [-0.2, -0.15) is 0 Å². The number of anilines is 1. The SMILES string of the molecule is Cc1ccc(NC(=O)N2CCC[C@@H](CCC(=O)N3CCOCC3)C2)cc1. The van der Waals surface area contributed by atoms with Crippen molar-refractivity contribution in [1.29, 1.82) is 0 Å². The average Bonchev–Trinajstić information content (AvgIpc) is 2.69. The summed E-state index contributed by atoms with van der Waals surface area (Å²) < 4.78 is 5.30. The van der Waals surface area contributed by atoms with Crippen molar-refractivity contribution in [3.63, 3.8) is 0 Å². The largest absolute Gasteiger partial charge is 0.378 e. The summed E-state index contributed by atoms with van der Waals surface area (Å²) in [6, 6.07) is 7.79. The molecule has 26 heavy (non-hydrogen) atoms. The van der Waals surface area contributed by atoms with Crippen molar-refractivity contribution in [1.82, 2.24) is 9.80 Å². The third-order valence-electron chi connectivity index (χ3n) is 5.24.